The van der Waals surface area contributed by atoms with E-state index >= 15 is 0 Å². The fourth-order valence-corrected chi connectivity index (χ4v) is 4.39. The Bertz CT molecular complexity index is 1300. The molecule has 2 heterocycles. The van der Waals surface area contributed by atoms with Crippen molar-refractivity contribution in [2.75, 3.05) is 4.72 Å². The van der Waals surface area contributed by atoms with Crippen LogP contribution in [0.15, 0.2) is 71.9 Å². The molecule has 0 radical (unpaired) electrons. The van der Waals surface area contributed by atoms with Crippen LogP contribution in [-0.2, 0) is 10.0 Å². The summed E-state index contributed by atoms with van der Waals surface area (Å²) in [6, 6.07) is 15.2. The highest BCUT2D eigenvalue weighted by molar-refractivity contribution is 7.92. The second kappa shape index (κ2) is 7.13. The molecule has 8 heteroatoms. The maximum absolute atomic E-state index is 12.8. The Morgan fingerprint density at radius 1 is 1.00 bits per heavy atom. The summed E-state index contributed by atoms with van der Waals surface area (Å²) in [5.74, 6) is 0. The number of hydrogen-bond acceptors (Lipinski definition) is 3. The van der Waals surface area contributed by atoms with Crippen LogP contribution in [0.5, 0.6) is 0 Å². The number of sulfonamides is 1. The summed E-state index contributed by atoms with van der Waals surface area (Å²) in [5, 5.41) is 0.467. The Morgan fingerprint density at radius 3 is 2.54 bits per heavy atom. The molecule has 0 spiro atoms. The minimum atomic E-state index is -3.85. The Balaban J connectivity index is 1.77. The first-order valence-corrected chi connectivity index (χ1v) is 10.6. The van der Waals surface area contributed by atoms with Crippen molar-refractivity contribution in [2.24, 2.45) is 0 Å². The van der Waals surface area contributed by atoms with E-state index in [2.05, 4.69) is 9.71 Å². The predicted molar refractivity (Wildman–Crippen MR) is 113 cm³/mol. The Labute approximate surface area is 172 Å². The van der Waals surface area contributed by atoms with Crippen LogP contribution in [0.4, 0.5) is 5.69 Å². The quantitative estimate of drug-likeness (QED) is 0.469. The normalized spacial score (nSPS) is 11.7. The number of pyridine rings is 1. The highest BCUT2D eigenvalue weighted by atomic mass is 35.5. The number of fused-ring (bicyclic) bond motifs is 1. The monoisotopic (exact) mass is 431 g/mol. The Hall–Kier alpha value is -2.54. The molecule has 5 nitrogen and oxygen atoms in total. The van der Waals surface area contributed by atoms with Gasteiger partial charge in [-0.15, -0.1) is 0 Å². The SMILES string of the molecule is Cc1cccn2cc(-c3ccccc3NS(=O)(=O)c3ccc(Cl)c(Cl)c3)nc12. The van der Waals surface area contributed by atoms with Crippen molar-refractivity contribution in [1.29, 1.82) is 0 Å². The number of benzene rings is 2. The molecule has 0 atom stereocenters. The standard InChI is InChI=1S/C20H15Cl2N3O2S/c1-13-5-4-10-25-12-19(23-20(13)25)15-6-2-3-7-18(15)24-28(26,27)14-8-9-16(21)17(22)11-14/h2-12,24H,1H3. The molecule has 142 valence electrons. The molecule has 0 fully saturated rings. The first kappa shape index (κ1) is 18.8. The van der Waals surface area contributed by atoms with Gasteiger partial charge in [-0.05, 0) is 42.8 Å². The molecule has 0 saturated carbocycles. The van der Waals surface area contributed by atoms with Crippen LogP contribution >= 0.6 is 23.2 Å². The van der Waals surface area contributed by atoms with Crippen molar-refractivity contribution < 1.29 is 8.42 Å². The number of aryl methyl sites for hydroxylation is 1. The molecule has 0 aliphatic rings. The maximum Gasteiger partial charge on any atom is 0.261 e. The number of rotatable bonds is 4. The molecular formula is C20H15Cl2N3O2S. The minimum absolute atomic E-state index is 0.0301. The molecule has 2 aromatic heterocycles. The van der Waals surface area contributed by atoms with Gasteiger partial charge in [0.15, 0.2) is 0 Å². The van der Waals surface area contributed by atoms with Crippen molar-refractivity contribution >= 4 is 44.6 Å². The zero-order valence-corrected chi connectivity index (χ0v) is 17.1. The van der Waals surface area contributed by atoms with Crippen LogP contribution in [-0.4, -0.2) is 17.8 Å². The second-order valence-electron chi connectivity index (χ2n) is 6.28. The van der Waals surface area contributed by atoms with Gasteiger partial charge in [0.25, 0.3) is 10.0 Å². The summed E-state index contributed by atoms with van der Waals surface area (Å²) in [6.07, 6.45) is 3.77. The molecule has 28 heavy (non-hydrogen) atoms. The summed E-state index contributed by atoms with van der Waals surface area (Å²) in [6.45, 7) is 1.98. The van der Waals surface area contributed by atoms with Crippen molar-refractivity contribution in [1.82, 2.24) is 9.38 Å². The maximum atomic E-state index is 12.8. The lowest BCUT2D eigenvalue weighted by molar-refractivity contribution is 0.601. The van der Waals surface area contributed by atoms with Gasteiger partial charge >= 0.3 is 0 Å². The van der Waals surface area contributed by atoms with E-state index < -0.39 is 10.0 Å². The minimum Gasteiger partial charge on any atom is -0.306 e. The van der Waals surface area contributed by atoms with Crippen molar-refractivity contribution in [3.63, 3.8) is 0 Å². The van der Waals surface area contributed by atoms with Crippen molar-refractivity contribution in [2.45, 2.75) is 11.8 Å². The molecule has 0 unspecified atom stereocenters. The number of halogens is 2. The number of nitrogens with zero attached hydrogens (tertiary/aromatic N) is 2. The van der Waals surface area contributed by atoms with E-state index in [4.69, 9.17) is 23.2 Å². The van der Waals surface area contributed by atoms with E-state index in [1.54, 1.807) is 12.1 Å². The van der Waals surface area contributed by atoms with Gasteiger partial charge in [0.1, 0.15) is 5.65 Å². The average molecular weight is 432 g/mol. The largest absolute Gasteiger partial charge is 0.306 e. The number of anilines is 1. The van der Waals surface area contributed by atoms with E-state index in [9.17, 15) is 8.42 Å². The van der Waals surface area contributed by atoms with Crippen LogP contribution in [0.25, 0.3) is 16.9 Å². The van der Waals surface area contributed by atoms with E-state index in [0.29, 0.717) is 22.0 Å². The van der Waals surface area contributed by atoms with Gasteiger partial charge in [0.2, 0.25) is 0 Å². The highest BCUT2D eigenvalue weighted by Gasteiger charge is 2.19. The van der Waals surface area contributed by atoms with Crippen molar-refractivity contribution in [3.8, 4) is 11.3 Å². The zero-order valence-electron chi connectivity index (χ0n) is 14.7. The van der Waals surface area contributed by atoms with Gasteiger partial charge in [-0.1, -0.05) is 47.5 Å². The van der Waals surface area contributed by atoms with Gasteiger partial charge in [0, 0.05) is 18.0 Å². The fourth-order valence-electron chi connectivity index (χ4n) is 2.93. The summed E-state index contributed by atoms with van der Waals surface area (Å²) < 4.78 is 30.2. The topological polar surface area (TPSA) is 63.5 Å². The van der Waals surface area contributed by atoms with Crippen LogP contribution in [0.2, 0.25) is 10.0 Å². The van der Waals surface area contributed by atoms with E-state index in [-0.39, 0.29) is 9.92 Å². The molecule has 0 saturated heterocycles. The number of nitrogens with one attached hydrogen (secondary N) is 1. The third-order valence-electron chi connectivity index (χ3n) is 4.33. The molecule has 0 aliphatic carbocycles. The molecule has 4 rings (SSSR count). The van der Waals surface area contributed by atoms with E-state index in [0.717, 1.165) is 11.2 Å². The lowest BCUT2D eigenvalue weighted by Gasteiger charge is -2.12. The van der Waals surface area contributed by atoms with Gasteiger partial charge in [0.05, 0.1) is 26.3 Å². The Kier molecular flexibility index (Phi) is 4.79. The highest BCUT2D eigenvalue weighted by Crippen LogP contribution is 2.31. The molecule has 0 amide bonds. The second-order valence-corrected chi connectivity index (χ2v) is 8.77. The summed E-state index contributed by atoms with van der Waals surface area (Å²) in [7, 11) is -3.85. The molecule has 0 bridgehead atoms. The first-order chi connectivity index (χ1) is 13.3. The van der Waals surface area contributed by atoms with Crippen molar-refractivity contribution in [3.05, 3.63) is 82.6 Å². The summed E-state index contributed by atoms with van der Waals surface area (Å²) in [4.78, 5) is 4.69. The van der Waals surface area contributed by atoms with Gasteiger partial charge < -0.3 is 4.40 Å². The molecular weight excluding hydrogens is 417 g/mol. The van der Waals surface area contributed by atoms with E-state index in [1.807, 2.05) is 48.0 Å². The first-order valence-electron chi connectivity index (χ1n) is 8.37. The fraction of sp³-hybridized carbons (Fsp3) is 0.0500. The Morgan fingerprint density at radius 2 is 1.79 bits per heavy atom. The zero-order chi connectivity index (χ0) is 19.9. The van der Waals surface area contributed by atoms with Gasteiger partial charge in [-0.2, -0.15) is 0 Å². The van der Waals surface area contributed by atoms with E-state index in [1.165, 1.54) is 18.2 Å². The summed E-state index contributed by atoms with van der Waals surface area (Å²) >= 11 is 11.9. The molecule has 0 aliphatic heterocycles. The average Bonchev–Trinajstić information content (AvgIpc) is 3.09. The number of hydrogen-bond donors (Lipinski definition) is 1. The van der Waals surface area contributed by atoms with Crippen LogP contribution in [0.1, 0.15) is 5.56 Å². The van der Waals surface area contributed by atoms with Gasteiger partial charge in [-0.25, -0.2) is 13.4 Å². The molecule has 1 N–H and O–H groups in total. The number of para-hydroxylation sites is 1. The van der Waals surface area contributed by atoms with Crippen LogP contribution in [0, 0.1) is 6.92 Å². The number of aromatic nitrogens is 2. The lowest BCUT2D eigenvalue weighted by atomic mass is 10.1. The van der Waals surface area contributed by atoms with Gasteiger partial charge in [-0.3, -0.25) is 4.72 Å². The third kappa shape index (κ3) is 3.46. The van der Waals surface area contributed by atoms with Crippen LogP contribution < -0.4 is 4.72 Å². The number of imidazole rings is 1. The summed E-state index contributed by atoms with van der Waals surface area (Å²) in [5.41, 5.74) is 3.62. The lowest BCUT2D eigenvalue weighted by Crippen LogP contribution is -2.13. The molecule has 4 aromatic rings. The molecule has 2 aromatic carbocycles. The smallest absolute Gasteiger partial charge is 0.261 e. The van der Waals surface area contributed by atoms with Crippen LogP contribution in [0.3, 0.4) is 0 Å². The third-order valence-corrected chi connectivity index (χ3v) is 6.43. The predicted octanol–water partition coefficient (Wildman–Crippen LogP) is 5.42.